The Hall–Kier alpha value is -3.08. The van der Waals surface area contributed by atoms with Crippen molar-refractivity contribution in [2.75, 3.05) is 14.2 Å². The standard InChI is InChI=1S/C27H28N2O6S/c1-32-22-15-20-14-21(26(30)28-25(27(31)34-35-27)13-18-9-5-3-6-10-18)29(17-19-11-7-4-8-12-19)36-24(20)16-23(22)33-2/h3-12,15-16,21,25,31H,13-14,17H2,1-2H3,(H,28,30)/t21?,25-/m0/s1. The summed E-state index contributed by atoms with van der Waals surface area (Å²) in [5.41, 5.74) is 3.01. The van der Waals surface area contributed by atoms with Gasteiger partial charge in [-0.25, -0.2) is 4.31 Å². The van der Waals surface area contributed by atoms with Crippen LogP contribution < -0.4 is 14.8 Å². The number of carbonyl (C=O) groups is 1. The summed E-state index contributed by atoms with van der Waals surface area (Å²) in [4.78, 5) is 24.4. The number of hydrogen-bond acceptors (Lipinski definition) is 8. The van der Waals surface area contributed by atoms with Gasteiger partial charge in [0.2, 0.25) is 5.91 Å². The van der Waals surface area contributed by atoms with Crippen LogP contribution in [-0.4, -0.2) is 47.6 Å². The fourth-order valence-electron chi connectivity index (χ4n) is 4.32. The van der Waals surface area contributed by atoms with Gasteiger partial charge in [0.25, 0.3) is 0 Å². The van der Waals surface area contributed by atoms with E-state index in [-0.39, 0.29) is 5.91 Å². The Kier molecular flexibility index (Phi) is 7.17. The van der Waals surface area contributed by atoms with Gasteiger partial charge < -0.3 is 19.9 Å². The molecule has 2 aliphatic heterocycles. The van der Waals surface area contributed by atoms with E-state index < -0.39 is 18.1 Å². The maximum atomic E-state index is 13.7. The van der Waals surface area contributed by atoms with E-state index in [4.69, 9.17) is 19.2 Å². The molecule has 3 aromatic carbocycles. The third-order valence-corrected chi connectivity index (χ3v) is 7.52. The quantitative estimate of drug-likeness (QED) is 0.258. The molecule has 5 rings (SSSR count). The molecule has 0 bridgehead atoms. The number of nitrogens with zero attached hydrogens (tertiary/aromatic N) is 1. The largest absolute Gasteiger partial charge is 0.493 e. The van der Waals surface area contributed by atoms with Crippen molar-refractivity contribution in [3.8, 4) is 11.5 Å². The SMILES string of the molecule is COc1cc2c(cc1OC)SN(Cc1ccccc1)C(C(=O)N[C@@H](Cc1ccccc1)C1(O)OO1)C2. The molecule has 3 aromatic rings. The second-order valence-electron chi connectivity index (χ2n) is 8.74. The highest BCUT2D eigenvalue weighted by Gasteiger charge is 2.56. The lowest BCUT2D eigenvalue weighted by Gasteiger charge is -2.36. The molecule has 1 unspecified atom stereocenters. The number of benzene rings is 3. The van der Waals surface area contributed by atoms with Crippen LogP contribution in [0.15, 0.2) is 77.7 Å². The highest BCUT2D eigenvalue weighted by molar-refractivity contribution is 7.97. The lowest BCUT2D eigenvalue weighted by Crippen LogP contribution is -2.54. The normalized spacial score (nSPS) is 19.1. The molecule has 1 saturated heterocycles. The van der Waals surface area contributed by atoms with E-state index >= 15 is 0 Å². The van der Waals surface area contributed by atoms with Crippen LogP contribution in [0.25, 0.3) is 0 Å². The zero-order valence-corrected chi connectivity index (χ0v) is 20.9. The molecule has 2 atom stereocenters. The molecular formula is C27H28N2O6S. The molecule has 9 heteroatoms. The minimum atomic E-state index is -1.84. The van der Waals surface area contributed by atoms with Crippen LogP contribution in [0.5, 0.6) is 11.5 Å². The van der Waals surface area contributed by atoms with Crippen LogP contribution in [0, 0.1) is 0 Å². The van der Waals surface area contributed by atoms with Crippen LogP contribution in [0.3, 0.4) is 0 Å². The van der Waals surface area contributed by atoms with Gasteiger partial charge in [0, 0.05) is 17.9 Å². The van der Waals surface area contributed by atoms with Crippen molar-refractivity contribution >= 4 is 17.9 Å². The molecule has 0 saturated carbocycles. The molecule has 0 aromatic heterocycles. The number of fused-ring (bicyclic) bond motifs is 1. The van der Waals surface area contributed by atoms with Crippen molar-refractivity contribution in [1.29, 1.82) is 0 Å². The van der Waals surface area contributed by atoms with Crippen LogP contribution in [0.4, 0.5) is 0 Å². The Morgan fingerprint density at radius 1 is 1.06 bits per heavy atom. The van der Waals surface area contributed by atoms with E-state index in [0.717, 1.165) is 21.6 Å². The monoisotopic (exact) mass is 508 g/mol. The van der Waals surface area contributed by atoms with Crippen molar-refractivity contribution in [2.24, 2.45) is 0 Å². The number of carbonyl (C=O) groups excluding carboxylic acids is 1. The van der Waals surface area contributed by atoms with Gasteiger partial charge in [-0.05, 0) is 47.2 Å². The van der Waals surface area contributed by atoms with Gasteiger partial charge in [-0.1, -0.05) is 60.7 Å². The maximum Gasteiger partial charge on any atom is 0.358 e. The number of aliphatic hydroxyl groups is 1. The first kappa shape index (κ1) is 24.6. The van der Waals surface area contributed by atoms with Crippen LogP contribution in [0.1, 0.15) is 16.7 Å². The van der Waals surface area contributed by atoms with E-state index in [1.54, 1.807) is 14.2 Å². The Morgan fingerprint density at radius 2 is 1.67 bits per heavy atom. The van der Waals surface area contributed by atoms with E-state index in [1.807, 2.05) is 72.8 Å². The van der Waals surface area contributed by atoms with E-state index in [2.05, 4.69) is 9.62 Å². The van der Waals surface area contributed by atoms with Crippen molar-refractivity contribution in [3.05, 3.63) is 89.5 Å². The molecule has 8 nitrogen and oxygen atoms in total. The minimum absolute atomic E-state index is 0.229. The number of methoxy groups -OCH3 is 2. The minimum Gasteiger partial charge on any atom is -0.493 e. The number of amides is 1. The van der Waals surface area contributed by atoms with Crippen molar-refractivity contribution < 1.29 is 29.1 Å². The van der Waals surface area contributed by atoms with Crippen molar-refractivity contribution in [3.63, 3.8) is 0 Å². The Balaban J connectivity index is 1.42. The molecule has 1 amide bonds. The average molecular weight is 509 g/mol. The predicted octanol–water partition coefficient (Wildman–Crippen LogP) is 3.47. The summed E-state index contributed by atoms with van der Waals surface area (Å²) in [6, 6.07) is 22.2. The lowest BCUT2D eigenvalue weighted by atomic mass is 10.0. The number of rotatable bonds is 9. The molecule has 1 fully saturated rings. The van der Waals surface area contributed by atoms with E-state index in [1.165, 1.54) is 11.9 Å². The number of hydrogen-bond donors (Lipinski definition) is 2. The van der Waals surface area contributed by atoms with Crippen molar-refractivity contribution in [2.45, 2.75) is 42.3 Å². The summed E-state index contributed by atoms with van der Waals surface area (Å²) in [5, 5.41) is 13.6. The first-order valence-electron chi connectivity index (χ1n) is 11.7. The third kappa shape index (κ3) is 5.35. The molecule has 0 spiro atoms. The topological polar surface area (TPSA) is 96.1 Å². The van der Waals surface area contributed by atoms with Gasteiger partial charge in [0.1, 0.15) is 12.1 Å². The Labute approximate surface area is 214 Å². The molecule has 2 heterocycles. The second-order valence-corrected chi connectivity index (χ2v) is 9.83. The van der Waals surface area contributed by atoms with Gasteiger partial charge in [-0.2, -0.15) is 9.78 Å². The van der Waals surface area contributed by atoms with Crippen LogP contribution in [0.2, 0.25) is 0 Å². The highest BCUT2D eigenvalue weighted by atomic mass is 32.2. The summed E-state index contributed by atoms with van der Waals surface area (Å²) in [6.45, 7) is 0.554. The van der Waals surface area contributed by atoms with E-state index in [9.17, 15) is 9.90 Å². The molecule has 0 radical (unpaired) electrons. The summed E-state index contributed by atoms with van der Waals surface area (Å²) >= 11 is 1.50. The van der Waals surface area contributed by atoms with Crippen LogP contribution in [-0.2, 0) is 34.0 Å². The van der Waals surface area contributed by atoms with Gasteiger partial charge in [-0.3, -0.25) is 4.79 Å². The van der Waals surface area contributed by atoms with Gasteiger partial charge in [-0.15, -0.1) is 0 Å². The molecule has 2 N–H and O–H groups in total. The lowest BCUT2D eigenvalue weighted by molar-refractivity contribution is -0.128. The highest BCUT2D eigenvalue weighted by Crippen LogP contribution is 2.42. The molecule has 36 heavy (non-hydrogen) atoms. The fourth-order valence-corrected chi connectivity index (χ4v) is 5.51. The molecule has 188 valence electrons. The Bertz CT molecular complexity index is 1210. The van der Waals surface area contributed by atoms with Gasteiger partial charge in [0.05, 0.1) is 14.2 Å². The molecular weight excluding hydrogens is 480 g/mol. The smallest absolute Gasteiger partial charge is 0.358 e. The van der Waals surface area contributed by atoms with Gasteiger partial charge in [0.15, 0.2) is 11.5 Å². The third-order valence-electron chi connectivity index (χ3n) is 6.32. The zero-order valence-electron chi connectivity index (χ0n) is 20.0. The number of ether oxygens (including phenoxy) is 2. The van der Waals surface area contributed by atoms with Crippen LogP contribution >= 0.6 is 11.9 Å². The van der Waals surface area contributed by atoms with E-state index in [0.29, 0.717) is 30.9 Å². The second kappa shape index (κ2) is 10.5. The average Bonchev–Trinajstić information content (AvgIpc) is 3.66. The molecule has 2 aliphatic rings. The zero-order chi connectivity index (χ0) is 25.1. The van der Waals surface area contributed by atoms with Gasteiger partial charge >= 0.3 is 5.97 Å². The predicted molar refractivity (Wildman–Crippen MR) is 134 cm³/mol. The first-order chi connectivity index (χ1) is 17.5. The number of nitrogens with one attached hydrogen (secondary N) is 1. The summed E-state index contributed by atoms with van der Waals surface area (Å²) in [6.07, 6.45) is 0.808. The Morgan fingerprint density at radius 3 is 2.28 bits per heavy atom. The fraction of sp³-hybridized carbons (Fsp3) is 0.296. The summed E-state index contributed by atoms with van der Waals surface area (Å²) in [5.74, 6) is -0.818. The first-order valence-corrected chi connectivity index (χ1v) is 12.4. The maximum absolute atomic E-state index is 13.7. The summed E-state index contributed by atoms with van der Waals surface area (Å²) in [7, 11) is 3.20. The summed E-state index contributed by atoms with van der Waals surface area (Å²) < 4.78 is 13.0. The molecule has 0 aliphatic carbocycles. The van der Waals surface area contributed by atoms with Crippen molar-refractivity contribution in [1.82, 2.24) is 9.62 Å².